The van der Waals surface area contributed by atoms with Gasteiger partial charge in [-0.1, -0.05) is 11.3 Å². The summed E-state index contributed by atoms with van der Waals surface area (Å²) >= 11 is 1.02. The summed E-state index contributed by atoms with van der Waals surface area (Å²) in [6, 6.07) is 4.61. The first-order valence-corrected chi connectivity index (χ1v) is 5.92. The number of nitrogens with zero attached hydrogens (tertiary/aromatic N) is 1. The first-order chi connectivity index (χ1) is 8.13. The minimum Gasteiger partial charge on any atom is -0.478 e. The number of aliphatic hydroxyl groups excluding tert-OH is 1. The van der Waals surface area contributed by atoms with Gasteiger partial charge in [-0.25, -0.2) is 4.79 Å². The summed E-state index contributed by atoms with van der Waals surface area (Å²) in [5.41, 5.74) is 0.895. The Balaban J connectivity index is 2.52. The minimum atomic E-state index is -1.00. The second kappa shape index (κ2) is 4.68. The van der Waals surface area contributed by atoms with Gasteiger partial charge >= 0.3 is 10.8 Å². The van der Waals surface area contributed by atoms with Crippen LogP contribution in [-0.2, 0) is 6.54 Å². The highest BCUT2D eigenvalue weighted by Gasteiger charge is 2.10. The normalized spacial score (nSPS) is 10.9. The summed E-state index contributed by atoms with van der Waals surface area (Å²) in [7, 11) is 0. The number of rotatable bonds is 4. The molecule has 0 radical (unpaired) electrons. The molecule has 0 atom stereocenters. The summed E-state index contributed by atoms with van der Waals surface area (Å²) in [4.78, 5) is 22.3. The van der Waals surface area contributed by atoms with Crippen LogP contribution in [0.3, 0.4) is 0 Å². The fourth-order valence-corrected chi connectivity index (χ4v) is 2.60. The van der Waals surface area contributed by atoms with E-state index in [4.69, 9.17) is 10.2 Å². The van der Waals surface area contributed by atoms with Crippen LogP contribution in [0.2, 0.25) is 0 Å². The van der Waals surface area contributed by atoms with Crippen LogP contribution in [0.15, 0.2) is 23.0 Å². The molecule has 0 saturated carbocycles. The van der Waals surface area contributed by atoms with Crippen LogP contribution in [0, 0.1) is 0 Å². The summed E-state index contributed by atoms with van der Waals surface area (Å²) < 4.78 is 2.22. The molecule has 0 saturated heterocycles. The zero-order valence-electron chi connectivity index (χ0n) is 8.92. The van der Waals surface area contributed by atoms with Crippen molar-refractivity contribution in [1.82, 2.24) is 4.57 Å². The maximum atomic E-state index is 11.7. The van der Waals surface area contributed by atoms with Gasteiger partial charge in [0.1, 0.15) is 0 Å². The van der Waals surface area contributed by atoms with Crippen LogP contribution >= 0.6 is 11.3 Å². The third kappa shape index (κ3) is 2.22. The van der Waals surface area contributed by atoms with Gasteiger partial charge in [-0.2, -0.15) is 0 Å². The number of thiazole rings is 1. The molecule has 0 fully saturated rings. The molecule has 0 amide bonds. The molecule has 90 valence electrons. The summed E-state index contributed by atoms with van der Waals surface area (Å²) in [6.07, 6.45) is 0.506. The number of aliphatic hydroxyl groups is 1. The molecular weight excluding hydrogens is 242 g/mol. The highest BCUT2D eigenvalue weighted by atomic mass is 32.1. The van der Waals surface area contributed by atoms with Crippen molar-refractivity contribution in [2.45, 2.75) is 13.0 Å². The Kier molecular flexibility index (Phi) is 3.26. The van der Waals surface area contributed by atoms with E-state index in [1.54, 1.807) is 10.6 Å². The minimum absolute atomic E-state index is 0.0248. The van der Waals surface area contributed by atoms with Crippen molar-refractivity contribution < 1.29 is 15.0 Å². The van der Waals surface area contributed by atoms with Gasteiger partial charge in [0, 0.05) is 13.2 Å². The van der Waals surface area contributed by atoms with E-state index >= 15 is 0 Å². The van der Waals surface area contributed by atoms with E-state index < -0.39 is 5.97 Å². The van der Waals surface area contributed by atoms with Crippen LogP contribution < -0.4 is 4.87 Å². The van der Waals surface area contributed by atoms with Gasteiger partial charge in [0.05, 0.1) is 15.8 Å². The van der Waals surface area contributed by atoms with Crippen LogP contribution in [0.4, 0.5) is 0 Å². The Morgan fingerprint density at radius 2 is 2.18 bits per heavy atom. The topological polar surface area (TPSA) is 79.5 Å². The number of hydrogen-bond acceptors (Lipinski definition) is 4. The molecule has 0 aliphatic heterocycles. The zero-order chi connectivity index (χ0) is 12.4. The molecule has 0 aliphatic carbocycles. The number of aryl methyl sites for hydroxylation is 1. The zero-order valence-corrected chi connectivity index (χ0v) is 9.74. The Morgan fingerprint density at radius 1 is 1.41 bits per heavy atom. The first kappa shape index (κ1) is 11.8. The SMILES string of the molecule is O=C(O)c1ccc2c(c1)sc(=O)n2CCCO. The lowest BCUT2D eigenvalue weighted by Crippen LogP contribution is -2.13. The molecule has 6 heteroatoms. The molecule has 2 N–H and O–H groups in total. The Hall–Kier alpha value is -1.66. The van der Waals surface area contributed by atoms with Crippen molar-refractivity contribution in [2.75, 3.05) is 6.61 Å². The largest absolute Gasteiger partial charge is 0.478 e. The average Bonchev–Trinajstić information content (AvgIpc) is 2.61. The number of carbonyl (C=O) groups is 1. The monoisotopic (exact) mass is 253 g/mol. The van der Waals surface area contributed by atoms with E-state index in [0.29, 0.717) is 17.7 Å². The molecule has 2 aromatic rings. The van der Waals surface area contributed by atoms with Gasteiger partial charge in [0.15, 0.2) is 0 Å². The number of carboxylic acid groups (broad SMARTS) is 1. The highest BCUT2D eigenvalue weighted by molar-refractivity contribution is 7.16. The van der Waals surface area contributed by atoms with Gasteiger partial charge < -0.3 is 10.2 Å². The van der Waals surface area contributed by atoms with Crippen molar-refractivity contribution in [3.05, 3.63) is 33.4 Å². The molecule has 0 spiro atoms. The predicted molar refractivity (Wildman–Crippen MR) is 64.7 cm³/mol. The van der Waals surface area contributed by atoms with Crippen molar-refractivity contribution in [3.63, 3.8) is 0 Å². The first-order valence-electron chi connectivity index (χ1n) is 5.11. The van der Waals surface area contributed by atoms with E-state index in [9.17, 15) is 9.59 Å². The Bertz CT molecular complexity index is 613. The van der Waals surface area contributed by atoms with Gasteiger partial charge in [-0.05, 0) is 24.6 Å². The maximum Gasteiger partial charge on any atom is 0.335 e. The number of hydrogen-bond donors (Lipinski definition) is 2. The molecule has 2 rings (SSSR count). The molecular formula is C11H11NO4S. The van der Waals surface area contributed by atoms with Gasteiger partial charge in [-0.3, -0.25) is 9.36 Å². The third-order valence-corrected chi connectivity index (χ3v) is 3.40. The molecule has 0 aliphatic rings. The number of carboxylic acids is 1. The molecule has 17 heavy (non-hydrogen) atoms. The second-order valence-electron chi connectivity index (χ2n) is 3.58. The van der Waals surface area contributed by atoms with Crippen molar-refractivity contribution in [3.8, 4) is 0 Å². The Morgan fingerprint density at radius 3 is 2.82 bits per heavy atom. The molecule has 1 heterocycles. The lowest BCUT2D eigenvalue weighted by molar-refractivity contribution is 0.0697. The summed E-state index contributed by atoms with van der Waals surface area (Å²) in [5, 5.41) is 17.6. The van der Waals surface area contributed by atoms with Crippen LogP contribution in [0.25, 0.3) is 10.2 Å². The third-order valence-electron chi connectivity index (χ3n) is 2.46. The molecule has 5 nitrogen and oxygen atoms in total. The lowest BCUT2D eigenvalue weighted by atomic mass is 10.2. The summed E-state index contributed by atoms with van der Waals surface area (Å²) in [6.45, 7) is 0.471. The molecule has 0 unspecified atom stereocenters. The van der Waals surface area contributed by atoms with Crippen molar-refractivity contribution in [2.24, 2.45) is 0 Å². The van der Waals surface area contributed by atoms with Gasteiger partial charge in [-0.15, -0.1) is 0 Å². The number of aromatic carboxylic acids is 1. The fourth-order valence-electron chi connectivity index (χ4n) is 1.64. The average molecular weight is 253 g/mol. The molecule has 1 aromatic carbocycles. The number of benzene rings is 1. The van der Waals surface area contributed by atoms with E-state index in [-0.39, 0.29) is 17.0 Å². The highest BCUT2D eigenvalue weighted by Crippen LogP contribution is 2.19. The number of aromatic nitrogens is 1. The quantitative estimate of drug-likeness (QED) is 0.856. The maximum absolute atomic E-state index is 11.7. The molecule has 0 bridgehead atoms. The van der Waals surface area contributed by atoms with Crippen molar-refractivity contribution in [1.29, 1.82) is 0 Å². The van der Waals surface area contributed by atoms with Crippen LogP contribution in [0.1, 0.15) is 16.8 Å². The fraction of sp³-hybridized carbons (Fsp3) is 0.273. The standard InChI is InChI=1S/C11H11NO4S/c13-5-1-4-12-8-3-2-7(10(14)15)6-9(8)17-11(12)16/h2-3,6,13H,1,4-5H2,(H,14,15). The van der Waals surface area contributed by atoms with Crippen LogP contribution in [-0.4, -0.2) is 27.4 Å². The van der Waals surface area contributed by atoms with E-state index in [1.807, 2.05) is 0 Å². The van der Waals surface area contributed by atoms with Crippen LogP contribution in [0.5, 0.6) is 0 Å². The van der Waals surface area contributed by atoms with E-state index in [2.05, 4.69) is 0 Å². The van der Waals surface area contributed by atoms with Gasteiger partial charge in [0.2, 0.25) is 0 Å². The van der Waals surface area contributed by atoms with E-state index in [1.165, 1.54) is 12.1 Å². The summed E-state index contributed by atoms with van der Waals surface area (Å²) in [5.74, 6) is -1.00. The van der Waals surface area contributed by atoms with Gasteiger partial charge in [0.25, 0.3) is 0 Å². The Labute approximate surface area is 101 Å². The predicted octanol–water partition coefficient (Wildman–Crippen LogP) is 1.14. The smallest absolute Gasteiger partial charge is 0.335 e. The second-order valence-corrected chi connectivity index (χ2v) is 4.58. The van der Waals surface area contributed by atoms with E-state index in [0.717, 1.165) is 16.9 Å². The lowest BCUT2D eigenvalue weighted by Gasteiger charge is -2.01. The molecule has 1 aromatic heterocycles. The van der Waals surface area contributed by atoms with Crippen molar-refractivity contribution >= 4 is 27.5 Å². The number of fused-ring (bicyclic) bond motifs is 1.